The zero-order chi connectivity index (χ0) is 25.8. The molecule has 8 atom stereocenters. The summed E-state index contributed by atoms with van der Waals surface area (Å²) in [5.41, 5.74) is -5.82. The maximum atomic E-state index is 17.7. The van der Waals surface area contributed by atoms with E-state index in [2.05, 4.69) is 0 Å². The molecule has 4 aliphatic carbocycles. The zero-order valence-corrected chi connectivity index (χ0v) is 21.1. The number of carbonyl (C=O) groups is 2. The number of aliphatic hydroxyl groups is 1. The minimum atomic E-state index is -5.16. The summed E-state index contributed by atoms with van der Waals surface area (Å²) in [4.78, 5) is 45.0. The molecule has 0 bridgehead atoms. The average molecular weight is 555 g/mol. The van der Waals surface area contributed by atoms with Crippen molar-refractivity contribution >= 4 is 70.8 Å². The molecule has 0 aromatic rings. The number of alkyl halides is 1. The molecule has 0 radical (unpaired) electrons. The Morgan fingerprint density at radius 1 is 1.25 bits per heavy atom. The summed E-state index contributed by atoms with van der Waals surface area (Å²) in [5, 5.41) is 9.90. The van der Waals surface area contributed by atoms with Crippen molar-refractivity contribution < 1.29 is 47.4 Å². The number of ether oxygens (including phenoxy) is 2. The van der Waals surface area contributed by atoms with Gasteiger partial charge in [0.15, 0.2) is 28.6 Å². The van der Waals surface area contributed by atoms with Gasteiger partial charge in [-0.3, -0.25) is 14.1 Å². The first kappa shape index (κ1) is 29.4. The van der Waals surface area contributed by atoms with Gasteiger partial charge in [-0.2, -0.15) is 0 Å². The number of allylic oxidation sites excluding steroid dienone is 4. The molecule has 9 nitrogen and oxygen atoms in total. The molecule has 0 spiro atoms. The van der Waals surface area contributed by atoms with E-state index in [0.717, 1.165) is 0 Å². The molecule has 3 N–H and O–H groups in total. The van der Waals surface area contributed by atoms with E-state index >= 15 is 4.39 Å². The Balaban J connectivity index is 0.00000304. The normalized spacial score (nSPS) is 46.7. The zero-order valence-electron chi connectivity index (χ0n) is 20.2. The van der Waals surface area contributed by atoms with Crippen LogP contribution in [0.3, 0.4) is 0 Å². The first-order valence-corrected chi connectivity index (χ1v) is 13.5. The number of fused-ring (bicyclic) bond motifs is 7. The van der Waals surface area contributed by atoms with Crippen molar-refractivity contribution in [2.24, 2.45) is 22.7 Å². The number of aliphatic hydroxyl groups excluding tert-OH is 1. The fourth-order valence-corrected chi connectivity index (χ4v) is 8.73. The van der Waals surface area contributed by atoms with E-state index in [9.17, 15) is 29.0 Å². The standard InChI is InChI=1S/C24H32FO9P.K.H/c1-20(2)32-18-10-16-15-6-5-13-9-14(27)7-8-21(13,3)23(15,25)19(33-35(29,30)31)11-22(16,4)24(18,34-20)17(28)12-26;;/h7-9,15-16,18-19,26H,5-6,10-12H2,1-4H3,(H2,29,30,31);;/t15-,16-,18+,19-,21-,22-,23-,24+;;/m0../s1. The van der Waals surface area contributed by atoms with Gasteiger partial charge in [0.2, 0.25) is 0 Å². The van der Waals surface area contributed by atoms with Gasteiger partial charge >= 0.3 is 59.2 Å². The Kier molecular flexibility index (Phi) is 7.29. The SMILES string of the molecule is CC1(C)O[C@@H]2C[C@H]3[C@@H]4CCC5=CC(=O)C=C[C@]5(C)[C@@]4(F)[C@@H](OP(=O)(O)O)C[C@]3(C)[C@]2(C(=O)CO)O1.[KH]. The Hall–Kier alpha value is 0.376. The molecular formula is C24H33FKO9P. The molecule has 12 heteroatoms. The topological polar surface area (TPSA) is 140 Å². The van der Waals surface area contributed by atoms with Crippen LogP contribution in [0.2, 0.25) is 0 Å². The molecule has 0 unspecified atom stereocenters. The van der Waals surface area contributed by atoms with Gasteiger partial charge in [0.1, 0.15) is 12.7 Å². The van der Waals surface area contributed by atoms with Crippen molar-refractivity contribution in [1.29, 1.82) is 0 Å². The molecule has 196 valence electrons. The summed E-state index contributed by atoms with van der Waals surface area (Å²) in [5.74, 6) is -3.26. The second-order valence-electron chi connectivity index (χ2n) is 11.5. The molecule has 5 rings (SSSR count). The molecule has 0 amide bonds. The fraction of sp³-hybridized carbons (Fsp3) is 0.750. The van der Waals surface area contributed by atoms with E-state index in [1.54, 1.807) is 27.7 Å². The summed E-state index contributed by atoms with van der Waals surface area (Å²) >= 11 is 0. The molecule has 0 aromatic carbocycles. The van der Waals surface area contributed by atoms with Crippen LogP contribution in [0.5, 0.6) is 0 Å². The maximum absolute atomic E-state index is 17.7. The van der Waals surface area contributed by atoms with Crippen LogP contribution in [0.4, 0.5) is 4.39 Å². The van der Waals surface area contributed by atoms with Crippen LogP contribution in [0.15, 0.2) is 23.8 Å². The fourth-order valence-electron chi connectivity index (χ4n) is 8.17. The van der Waals surface area contributed by atoms with Crippen LogP contribution < -0.4 is 0 Å². The van der Waals surface area contributed by atoms with Gasteiger partial charge in [0, 0.05) is 16.7 Å². The van der Waals surface area contributed by atoms with Gasteiger partial charge in [-0.1, -0.05) is 18.6 Å². The van der Waals surface area contributed by atoms with Crippen molar-refractivity contribution in [2.45, 2.75) is 82.6 Å². The molecule has 1 saturated heterocycles. The Morgan fingerprint density at radius 3 is 2.53 bits per heavy atom. The predicted octanol–water partition coefficient (Wildman–Crippen LogP) is 1.89. The number of hydrogen-bond acceptors (Lipinski definition) is 7. The van der Waals surface area contributed by atoms with Crippen molar-refractivity contribution in [3.63, 3.8) is 0 Å². The monoisotopic (exact) mass is 554 g/mol. The first-order chi connectivity index (χ1) is 16.0. The molecular weight excluding hydrogens is 521 g/mol. The Labute approximate surface area is 251 Å². The van der Waals surface area contributed by atoms with Gasteiger partial charge in [-0.25, -0.2) is 8.96 Å². The Bertz CT molecular complexity index is 1100. The second-order valence-corrected chi connectivity index (χ2v) is 12.7. The number of phosphoric acid groups is 1. The van der Waals surface area contributed by atoms with E-state index in [1.807, 2.05) is 0 Å². The van der Waals surface area contributed by atoms with Crippen LogP contribution >= 0.6 is 7.82 Å². The quantitative estimate of drug-likeness (QED) is 0.351. The number of carbonyl (C=O) groups excluding carboxylic acids is 2. The predicted molar refractivity (Wildman–Crippen MR) is 127 cm³/mol. The summed E-state index contributed by atoms with van der Waals surface area (Å²) in [6, 6.07) is 0. The summed E-state index contributed by atoms with van der Waals surface area (Å²) in [6.07, 6.45) is 2.52. The van der Waals surface area contributed by atoms with Gasteiger partial charge in [0.05, 0.1) is 6.10 Å². The van der Waals surface area contributed by atoms with Crippen LogP contribution in [0.1, 0.15) is 53.4 Å². The van der Waals surface area contributed by atoms with Crippen LogP contribution in [-0.2, 0) is 28.2 Å². The van der Waals surface area contributed by atoms with Crippen LogP contribution in [-0.4, -0.2) is 114 Å². The van der Waals surface area contributed by atoms with Crippen LogP contribution in [0.25, 0.3) is 0 Å². The molecule has 1 aliphatic heterocycles. The second kappa shape index (κ2) is 8.94. The number of halogens is 1. The van der Waals surface area contributed by atoms with Crippen molar-refractivity contribution in [3.05, 3.63) is 23.8 Å². The molecule has 1 heterocycles. The number of phosphoric ester groups is 1. The number of Topliss-reactive ketones (excluding diaryl/α,β-unsaturated/α-hetero) is 1. The Morgan fingerprint density at radius 2 is 1.92 bits per heavy atom. The minimum absolute atomic E-state index is 0. The molecule has 5 aliphatic rings. The van der Waals surface area contributed by atoms with Gasteiger partial charge in [-0.15, -0.1) is 0 Å². The van der Waals surface area contributed by atoms with Gasteiger partial charge in [0.25, 0.3) is 0 Å². The van der Waals surface area contributed by atoms with Gasteiger partial charge in [-0.05, 0) is 64.5 Å². The van der Waals surface area contributed by atoms with Crippen LogP contribution in [0, 0.1) is 22.7 Å². The summed E-state index contributed by atoms with van der Waals surface area (Å²) in [6.45, 7) is 5.88. The van der Waals surface area contributed by atoms with Crippen molar-refractivity contribution in [1.82, 2.24) is 0 Å². The third-order valence-electron chi connectivity index (χ3n) is 9.43. The number of hydrogen-bond donors (Lipinski definition) is 3. The third-order valence-corrected chi connectivity index (χ3v) is 9.96. The number of ketones is 2. The molecule has 36 heavy (non-hydrogen) atoms. The van der Waals surface area contributed by atoms with E-state index in [4.69, 9.17) is 14.0 Å². The van der Waals surface area contributed by atoms with E-state index in [-0.39, 0.29) is 70.0 Å². The first-order valence-electron chi connectivity index (χ1n) is 11.9. The molecule has 0 aromatic heterocycles. The van der Waals surface area contributed by atoms with E-state index in [0.29, 0.717) is 18.4 Å². The van der Waals surface area contributed by atoms with E-state index < -0.39 is 72.1 Å². The summed E-state index contributed by atoms with van der Waals surface area (Å²) < 4.78 is 47.4. The van der Waals surface area contributed by atoms with E-state index in [1.165, 1.54) is 18.2 Å². The molecule has 4 fully saturated rings. The van der Waals surface area contributed by atoms with Crippen molar-refractivity contribution in [3.8, 4) is 0 Å². The third kappa shape index (κ3) is 3.80. The molecule has 3 saturated carbocycles. The van der Waals surface area contributed by atoms with Crippen molar-refractivity contribution in [2.75, 3.05) is 6.61 Å². The number of rotatable bonds is 4. The summed E-state index contributed by atoms with van der Waals surface area (Å²) in [7, 11) is -5.16. The van der Waals surface area contributed by atoms with Gasteiger partial charge < -0.3 is 24.4 Å². The average Bonchev–Trinajstić information content (AvgIpc) is 3.14.